The summed E-state index contributed by atoms with van der Waals surface area (Å²) in [6.45, 7) is 0. The monoisotopic (exact) mass is 534 g/mol. The van der Waals surface area contributed by atoms with Crippen LogP contribution in [0.4, 0.5) is 0 Å². The zero-order valence-electron chi connectivity index (χ0n) is 1.91. The molecule has 0 aliphatic heterocycles. The Morgan fingerprint density at radius 2 is 1.00 bits per heavy atom. The third-order valence-electron chi connectivity index (χ3n) is 0. The second-order valence-corrected chi connectivity index (χ2v) is 0. The second kappa shape index (κ2) is 15.9. The van der Waals surface area contributed by atoms with Crippen LogP contribution in [0.25, 0.3) is 0 Å². The van der Waals surface area contributed by atoms with Crippen LogP contribution < -0.4 is 0 Å². The van der Waals surface area contributed by atoms with Gasteiger partial charge in [0.2, 0.25) is 0 Å². The Morgan fingerprint density at radius 3 is 1.00 bits per heavy atom. The second-order valence-electron chi connectivity index (χ2n) is 0. The van der Waals surface area contributed by atoms with Gasteiger partial charge in [-0.3, -0.25) is 0 Å². The number of hydrogen-bond acceptors (Lipinski definition) is 0. The first-order valence-corrected chi connectivity index (χ1v) is 0. The van der Waals surface area contributed by atoms with Crippen molar-refractivity contribution in [1.82, 2.24) is 0 Å². The molecule has 4 heavy (non-hydrogen) atoms. The zero-order valence-corrected chi connectivity index (χ0v) is 13.5. The molecular formula is H6BiCeInZn. The fraction of sp³-hybridized carbons (Fsp3) is 0. The molecule has 20 valence electrons. The normalized spacial score (nSPS) is 0. The fourth-order valence-electron chi connectivity index (χ4n) is 0. The van der Waals surface area contributed by atoms with Crippen LogP contribution in [0, 0.1) is 41.7 Å². The summed E-state index contributed by atoms with van der Waals surface area (Å²) in [6.07, 6.45) is 0. The van der Waals surface area contributed by atoms with Gasteiger partial charge in [-0.25, -0.2) is 0 Å². The van der Waals surface area contributed by atoms with Crippen molar-refractivity contribution < 1.29 is 61.2 Å². The van der Waals surface area contributed by atoms with Gasteiger partial charge in [-0.05, 0) is 0 Å². The molecule has 0 aromatic rings. The van der Waals surface area contributed by atoms with Crippen LogP contribution in [-0.2, 0) is 19.5 Å². The molecule has 0 aromatic carbocycles. The third-order valence-corrected chi connectivity index (χ3v) is 0. The van der Waals surface area contributed by atoms with Crippen molar-refractivity contribution >= 4 is 52.0 Å². The summed E-state index contributed by atoms with van der Waals surface area (Å²) in [6, 6.07) is 0. The minimum Gasteiger partial charge on any atom is 0 e. The van der Waals surface area contributed by atoms with Crippen molar-refractivity contribution in [3.8, 4) is 0 Å². The van der Waals surface area contributed by atoms with Gasteiger partial charge in [-0.15, -0.1) is 0 Å². The maximum absolute atomic E-state index is 0. The van der Waals surface area contributed by atoms with E-state index in [1.165, 1.54) is 0 Å². The van der Waals surface area contributed by atoms with Gasteiger partial charge in [0.1, 0.15) is 0 Å². The van der Waals surface area contributed by atoms with E-state index in [4.69, 9.17) is 0 Å². The maximum atomic E-state index is 0. The molecule has 0 N–H and O–H groups in total. The molecule has 0 rings (SSSR count). The van der Waals surface area contributed by atoms with Gasteiger partial charge in [-0.2, -0.15) is 0 Å². The van der Waals surface area contributed by atoms with E-state index in [0.29, 0.717) is 0 Å². The Balaban J connectivity index is 0. The van der Waals surface area contributed by atoms with Crippen LogP contribution in [0.15, 0.2) is 0 Å². The van der Waals surface area contributed by atoms with Crippen molar-refractivity contribution in [2.45, 2.75) is 0 Å². The minimum absolute atomic E-state index is 0. The van der Waals surface area contributed by atoms with Gasteiger partial charge >= 0.3 is 52.0 Å². The molecule has 0 fully saturated rings. The van der Waals surface area contributed by atoms with E-state index < -0.39 is 0 Å². The molecule has 0 unspecified atom stereocenters. The van der Waals surface area contributed by atoms with E-state index in [0.717, 1.165) is 0 Å². The summed E-state index contributed by atoms with van der Waals surface area (Å²) in [7, 11) is 0. The summed E-state index contributed by atoms with van der Waals surface area (Å²) >= 11 is 0. The van der Waals surface area contributed by atoms with Crippen LogP contribution in [0.2, 0.25) is 0 Å². The first kappa shape index (κ1) is 25.1. The Hall–Kier alpha value is 3.75. The summed E-state index contributed by atoms with van der Waals surface area (Å²) in [4.78, 5) is 0. The zero-order chi connectivity index (χ0) is 0. The van der Waals surface area contributed by atoms with Gasteiger partial charge in [-0.1, -0.05) is 0 Å². The molecule has 0 heterocycles. The van der Waals surface area contributed by atoms with Crippen LogP contribution in [0.1, 0.15) is 0 Å². The largest absolute Gasteiger partial charge is 0 e. The van der Waals surface area contributed by atoms with E-state index >= 15 is 0 Å². The topological polar surface area (TPSA) is 0 Å². The summed E-state index contributed by atoms with van der Waals surface area (Å²) in [5.74, 6) is 0. The first-order chi connectivity index (χ1) is 0. The van der Waals surface area contributed by atoms with Crippen LogP contribution in [0.5, 0.6) is 0 Å². The molecular weight excluding hydrogens is 529 g/mol. The van der Waals surface area contributed by atoms with E-state index in [1.807, 2.05) is 0 Å². The molecule has 0 saturated carbocycles. The number of hydrogen-bond donors (Lipinski definition) is 0. The van der Waals surface area contributed by atoms with Gasteiger partial charge < -0.3 is 0 Å². The molecule has 0 spiro atoms. The maximum Gasteiger partial charge on any atom is 0 e. The predicted octanol–water partition coefficient (Wildman–Crippen LogP) is -2.37. The SMILES string of the molecule is [BiH3].[Ce].[InH3].[Zn]. The quantitative estimate of drug-likeness (QED) is 0.305. The molecule has 4 heteroatoms. The average molecular weight is 535 g/mol. The van der Waals surface area contributed by atoms with Gasteiger partial charge in [0.25, 0.3) is 0 Å². The molecule has 0 aliphatic carbocycles. The minimum atomic E-state index is 0. The molecule has 0 aliphatic rings. The summed E-state index contributed by atoms with van der Waals surface area (Å²) < 4.78 is 0. The molecule has 0 bridgehead atoms. The van der Waals surface area contributed by atoms with Gasteiger partial charge in [0, 0.05) is 61.2 Å². The van der Waals surface area contributed by atoms with E-state index in [1.54, 1.807) is 0 Å². The van der Waals surface area contributed by atoms with Gasteiger partial charge in [0.15, 0.2) is 0 Å². The smallest absolute Gasteiger partial charge is 0 e. The number of rotatable bonds is 0. The Kier molecular flexibility index (Phi) is 99.6. The Morgan fingerprint density at radius 1 is 1.00 bits per heavy atom. The molecule has 0 nitrogen and oxygen atoms in total. The van der Waals surface area contributed by atoms with Crippen LogP contribution in [-0.4, -0.2) is 52.0 Å². The van der Waals surface area contributed by atoms with Crippen molar-refractivity contribution in [2.75, 3.05) is 0 Å². The summed E-state index contributed by atoms with van der Waals surface area (Å²) in [5, 5.41) is 0. The van der Waals surface area contributed by atoms with Crippen molar-refractivity contribution in [3.05, 3.63) is 0 Å². The average Bonchev–Trinajstić information content (AvgIpc) is 0. The van der Waals surface area contributed by atoms with E-state index in [-0.39, 0.29) is 113 Å². The third kappa shape index (κ3) is 9.23. The Labute approximate surface area is 110 Å². The molecule has 0 saturated heterocycles. The van der Waals surface area contributed by atoms with Crippen LogP contribution in [0.3, 0.4) is 0 Å². The van der Waals surface area contributed by atoms with E-state index in [2.05, 4.69) is 0 Å². The first-order valence-electron chi connectivity index (χ1n) is 0. The Bertz CT molecular complexity index is 8.00. The van der Waals surface area contributed by atoms with Gasteiger partial charge in [0.05, 0.1) is 0 Å². The fourth-order valence-corrected chi connectivity index (χ4v) is 0. The summed E-state index contributed by atoms with van der Waals surface area (Å²) in [5.41, 5.74) is 0. The van der Waals surface area contributed by atoms with Crippen LogP contribution >= 0.6 is 0 Å². The van der Waals surface area contributed by atoms with Crippen molar-refractivity contribution in [1.29, 1.82) is 0 Å². The predicted molar refractivity (Wildman–Crippen MR) is 19.9 cm³/mol. The standard InChI is InChI=1S/Bi.Ce.In.Zn.6H. The molecule has 0 radical (unpaired) electrons. The molecule has 0 atom stereocenters. The van der Waals surface area contributed by atoms with Crippen molar-refractivity contribution in [3.63, 3.8) is 0 Å². The van der Waals surface area contributed by atoms with E-state index in [9.17, 15) is 0 Å². The molecule has 0 aromatic heterocycles. The van der Waals surface area contributed by atoms with Crippen molar-refractivity contribution in [2.24, 2.45) is 0 Å². The molecule has 0 amide bonds.